The molecule has 0 fully saturated rings. The highest BCUT2D eigenvalue weighted by Gasteiger charge is 1.77. The fourth-order valence-corrected chi connectivity index (χ4v) is 0.291. The third kappa shape index (κ3) is 4.95. The van der Waals surface area contributed by atoms with Gasteiger partial charge in [0, 0.05) is 6.42 Å². The van der Waals surface area contributed by atoms with Gasteiger partial charge < -0.3 is 5.73 Å². The van der Waals surface area contributed by atoms with Crippen LogP contribution in [0.4, 0.5) is 0 Å². The Bertz CT molecular complexity index is 114. The van der Waals surface area contributed by atoms with E-state index in [0.29, 0.717) is 6.42 Å². The van der Waals surface area contributed by atoms with E-state index in [1.807, 2.05) is 0 Å². The summed E-state index contributed by atoms with van der Waals surface area (Å²) in [5, 5.41) is 6.76. The van der Waals surface area contributed by atoms with Crippen LogP contribution in [0, 0.1) is 5.41 Å². The summed E-state index contributed by atoms with van der Waals surface area (Å²) in [6, 6.07) is 0. The molecule has 0 aliphatic carbocycles. The van der Waals surface area contributed by atoms with Gasteiger partial charge in [-0.25, -0.2) is 0 Å². The first-order valence-electron chi connectivity index (χ1n) is 2.38. The molecule has 44 valence electrons. The minimum Gasteiger partial charge on any atom is -0.387 e. The molecule has 0 amide bonds. The molecule has 0 aromatic heterocycles. The first kappa shape index (κ1) is 6.95. The average Bonchev–Trinajstić information content (AvgIpc) is 1.66. The number of amidine groups is 1. The molecule has 8 heavy (non-hydrogen) atoms. The molecule has 0 bridgehead atoms. The minimum absolute atomic E-state index is 0.183. The molecule has 0 aromatic rings. The van der Waals surface area contributed by atoms with Crippen molar-refractivity contribution in [1.29, 1.82) is 5.41 Å². The van der Waals surface area contributed by atoms with Gasteiger partial charge in [-0.1, -0.05) is 24.8 Å². The number of hydrogen-bond donors (Lipinski definition) is 2. The Hall–Kier alpha value is -1.05. The smallest absolute Gasteiger partial charge is 0.0943 e. The second-order valence-electron chi connectivity index (χ2n) is 1.39. The molecule has 3 N–H and O–H groups in total. The van der Waals surface area contributed by atoms with Gasteiger partial charge in [0.05, 0.1) is 5.84 Å². The van der Waals surface area contributed by atoms with Gasteiger partial charge in [-0.05, 0) is 0 Å². The maximum atomic E-state index is 6.76. The molecule has 0 unspecified atom stereocenters. The van der Waals surface area contributed by atoms with Crippen LogP contribution in [0.2, 0.25) is 0 Å². The topological polar surface area (TPSA) is 49.9 Å². The number of nitrogens with one attached hydrogen (secondary N) is 1. The van der Waals surface area contributed by atoms with Crippen LogP contribution in [0.3, 0.4) is 0 Å². The fourth-order valence-electron chi connectivity index (χ4n) is 0.291. The van der Waals surface area contributed by atoms with Crippen LogP contribution in [-0.4, -0.2) is 5.84 Å². The summed E-state index contributed by atoms with van der Waals surface area (Å²) in [5.74, 6) is 0.183. The number of nitrogens with two attached hydrogens (primary N) is 1. The van der Waals surface area contributed by atoms with Gasteiger partial charge in [-0.2, -0.15) is 0 Å². The predicted molar refractivity (Wildman–Crippen MR) is 35.9 cm³/mol. The second-order valence-corrected chi connectivity index (χ2v) is 1.39. The van der Waals surface area contributed by atoms with E-state index in [0.717, 1.165) is 0 Å². The van der Waals surface area contributed by atoms with Crippen LogP contribution in [0.5, 0.6) is 0 Å². The van der Waals surface area contributed by atoms with E-state index in [1.165, 1.54) is 0 Å². The van der Waals surface area contributed by atoms with Crippen molar-refractivity contribution in [1.82, 2.24) is 0 Å². The molecular weight excluding hydrogens is 100 g/mol. The van der Waals surface area contributed by atoms with E-state index in [2.05, 4.69) is 6.58 Å². The highest BCUT2D eigenvalue weighted by molar-refractivity contribution is 5.78. The van der Waals surface area contributed by atoms with Gasteiger partial charge in [0.2, 0.25) is 0 Å². The Morgan fingerprint density at radius 1 is 1.75 bits per heavy atom. The lowest BCUT2D eigenvalue weighted by molar-refractivity contribution is 1.32. The van der Waals surface area contributed by atoms with Crippen LogP contribution < -0.4 is 5.73 Å². The van der Waals surface area contributed by atoms with Crippen LogP contribution in [0.15, 0.2) is 24.8 Å². The maximum absolute atomic E-state index is 6.76. The summed E-state index contributed by atoms with van der Waals surface area (Å²) in [6.45, 7) is 3.46. The summed E-state index contributed by atoms with van der Waals surface area (Å²) in [6.07, 6.45) is 5.73. The van der Waals surface area contributed by atoms with Crippen molar-refractivity contribution in [3.8, 4) is 0 Å². The van der Waals surface area contributed by atoms with E-state index < -0.39 is 0 Å². The van der Waals surface area contributed by atoms with Gasteiger partial charge in [0.15, 0.2) is 0 Å². The molecule has 0 radical (unpaired) electrons. The van der Waals surface area contributed by atoms with E-state index in [4.69, 9.17) is 11.1 Å². The highest BCUT2D eigenvalue weighted by Crippen LogP contribution is 1.79. The maximum Gasteiger partial charge on any atom is 0.0943 e. The SMILES string of the molecule is C=CC=CCC(=N)N. The molecule has 0 aromatic carbocycles. The van der Waals surface area contributed by atoms with E-state index >= 15 is 0 Å². The molecule has 0 atom stereocenters. The number of hydrogen-bond acceptors (Lipinski definition) is 1. The van der Waals surface area contributed by atoms with Crippen molar-refractivity contribution in [3.05, 3.63) is 24.8 Å². The lowest BCUT2D eigenvalue weighted by atomic mass is 10.3. The summed E-state index contributed by atoms with van der Waals surface area (Å²) >= 11 is 0. The van der Waals surface area contributed by atoms with Crippen LogP contribution >= 0.6 is 0 Å². The summed E-state index contributed by atoms with van der Waals surface area (Å²) < 4.78 is 0. The summed E-state index contributed by atoms with van der Waals surface area (Å²) in [7, 11) is 0. The highest BCUT2D eigenvalue weighted by atomic mass is 14.7. The molecule has 0 saturated carbocycles. The lowest BCUT2D eigenvalue weighted by Crippen LogP contribution is -2.06. The molecule has 0 aliphatic rings. The van der Waals surface area contributed by atoms with Gasteiger partial charge in [0.25, 0.3) is 0 Å². The predicted octanol–water partition coefficient (Wildman–Crippen LogP) is 1.05. The first-order valence-corrected chi connectivity index (χ1v) is 2.38. The normalized spacial score (nSPS) is 9.50. The van der Waals surface area contributed by atoms with Crippen LogP contribution in [0.25, 0.3) is 0 Å². The Balaban J connectivity index is 3.29. The zero-order valence-electron chi connectivity index (χ0n) is 4.72. The molecule has 2 heteroatoms. The third-order valence-corrected chi connectivity index (χ3v) is 0.610. The van der Waals surface area contributed by atoms with Gasteiger partial charge in [-0.3, -0.25) is 5.41 Å². The van der Waals surface area contributed by atoms with Gasteiger partial charge in [-0.15, -0.1) is 0 Å². The molecule has 0 heterocycles. The van der Waals surface area contributed by atoms with Crippen molar-refractivity contribution in [2.45, 2.75) is 6.42 Å². The molecular formula is C6H10N2. The molecule has 2 nitrogen and oxygen atoms in total. The van der Waals surface area contributed by atoms with Crippen LogP contribution in [0.1, 0.15) is 6.42 Å². The Kier molecular flexibility index (Phi) is 3.58. The lowest BCUT2D eigenvalue weighted by Gasteiger charge is -1.84. The van der Waals surface area contributed by atoms with E-state index in [1.54, 1.807) is 18.2 Å². The first-order chi connectivity index (χ1) is 3.77. The Morgan fingerprint density at radius 3 is 2.75 bits per heavy atom. The molecule has 0 spiro atoms. The minimum atomic E-state index is 0.183. The largest absolute Gasteiger partial charge is 0.387 e. The average molecular weight is 110 g/mol. The van der Waals surface area contributed by atoms with Crippen LogP contribution in [-0.2, 0) is 0 Å². The zero-order valence-corrected chi connectivity index (χ0v) is 4.72. The quantitative estimate of drug-likeness (QED) is 0.318. The van der Waals surface area contributed by atoms with Gasteiger partial charge >= 0.3 is 0 Å². The third-order valence-electron chi connectivity index (χ3n) is 0.610. The Morgan fingerprint density at radius 2 is 2.38 bits per heavy atom. The van der Waals surface area contributed by atoms with Crippen molar-refractivity contribution in [2.75, 3.05) is 0 Å². The van der Waals surface area contributed by atoms with Gasteiger partial charge in [0.1, 0.15) is 0 Å². The summed E-state index contributed by atoms with van der Waals surface area (Å²) in [5.41, 5.74) is 5.03. The van der Waals surface area contributed by atoms with Crippen molar-refractivity contribution >= 4 is 5.84 Å². The van der Waals surface area contributed by atoms with Crippen molar-refractivity contribution < 1.29 is 0 Å². The number of allylic oxidation sites excluding steroid dienone is 2. The molecule has 0 rings (SSSR count). The van der Waals surface area contributed by atoms with E-state index in [9.17, 15) is 0 Å². The monoisotopic (exact) mass is 110 g/mol. The van der Waals surface area contributed by atoms with E-state index in [-0.39, 0.29) is 5.84 Å². The Labute approximate surface area is 49.2 Å². The molecule has 0 aliphatic heterocycles. The standard InChI is InChI=1S/C6H10N2/c1-2-3-4-5-6(7)8/h2-4H,1,5H2,(H3,7,8). The zero-order chi connectivity index (χ0) is 6.41. The summed E-state index contributed by atoms with van der Waals surface area (Å²) in [4.78, 5) is 0. The number of rotatable bonds is 3. The fraction of sp³-hybridized carbons (Fsp3) is 0.167. The van der Waals surface area contributed by atoms with Crippen molar-refractivity contribution in [2.24, 2.45) is 5.73 Å². The second kappa shape index (κ2) is 4.12. The van der Waals surface area contributed by atoms with Crippen molar-refractivity contribution in [3.63, 3.8) is 0 Å². The molecule has 0 saturated heterocycles.